The lowest BCUT2D eigenvalue weighted by Crippen LogP contribution is -2.31. The zero-order valence-electron chi connectivity index (χ0n) is 11.2. The van der Waals surface area contributed by atoms with Crippen LogP contribution >= 0.6 is 12.2 Å². The van der Waals surface area contributed by atoms with Gasteiger partial charge in [-0.25, -0.2) is 0 Å². The number of aryl methyl sites for hydroxylation is 2. The molecule has 0 spiro atoms. The van der Waals surface area contributed by atoms with E-state index in [-0.39, 0.29) is 5.92 Å². The fraction of sp³-hybridized carbons (Fsp3) is 0.500. The molecule has 0 radical (unpaired) electrons. The van der Waals surface area contributed by atoms with Crippen LogP contribution in [-0.4, -0.2) is 23.5 Å². The van der Waals surface area contributed by atoms with E-state index in [0.717, 1.165) is 13.1 Å². The minimum absolute atomic E-state index is 0.265. The molecule has 0 aliphatic heterocycles. The van der Waals surface area contributed by atoms with Gasteiger partial charge in [0.25, 0.3) is 0 Å². The van der Waals surface area contributed by atoms with Crippen LogP contribution in [-0.2, 0) is 6.54 Å². The van der Waals surface area contributed by atoms with E-state index in [2.05, 4.69) is 50.9 Å². The van der Waals surface area contributed by atoms with Crippen molar-refractivity contribution in [3.8, 4) is 0 Å². The Morgan fingerprint density at radius 3 is 2.29 bits per heavy atom. The molecule has 0 aliphatic rings. The van der Waals surface area contributed by atoms with Crippen molar-refractivity contribution in [2.75, 3.05) is 13.6 Å². The van der Waals surface area contributed by atoms with Crippen LogP contribution in [0, 0.1) is 19.8 Å². The van der Waals surface area contributed by atoms with Gasteiger partial charge in [-0.2, -0.15) is 0 Å². The van der Waals surface area contributed by atoms with Gasteiger partial charge in [0.2, 0.25) is 0 Å². The van der Waals surface area contributed by atoms with Gasteiger partial charge in [0.1, 0.15) is 0 Å². The molecule has 17 heavy (non-hydrogen) atoms. The van der Waals surface area contributed by atoms with Gasteiger partial charge >= 0.3 is 0 Å². The van der Waals surface area contributed by atoms with Gasteiger partial charge < -0.3 is 10.6 Å². The maximum Gasteiger partial charge on any atom is 0.0768 e. The van der Waals surface area contributed by atoms with Crippen LogP contribution in [0.2, 0.25) is 0 Å². The molecule has 0 amide bonds. The molecule has 3 heteroatoms. The van der Waals surface area contributed by atoms with E-state index in [0.29, 0.717) is 4.99 Å². The Labute approximate surface area is 110 Å². The molecular weight excluding hydrogens is 228 g/mol. The average molecular weight is 250 g/mol. The third kappa shape index (κ3) is 4.84. The van der Waals surface area contributed by atoms with Gasteiger partial charge in [-0.05, 0) is 26.5 Å². The highest BCUT2D eigenvalue weighted by molar-refractivity contribution is 7.80. The third-order valence-corrected chi connectivity index (χ3v) is 3.21. The molecule has 0 saturated heterocycles. The quantitative estimate of drug-likeness (QED) is 0.815. The number of hydrogen-bond acceptors (Lipinski definition) is 2. The second-order valence-electron chi connectivity index (χ2n) is 5.00. The molecule has 0 heterocycles. The highest BCUT2D eigenvalue weighted by Crippen LogP contribution is 2.11. The van der Waals surface area contributed by atoms with Crippen molar-refractivity contribution in [1.82, 2.24) is 4.90 Å². The van der Waals surface area contributed by atoms with Crippen LogP contribution in [0.4, 0.5) is 0 Å². The SMILES string of the molecule is Cc1cc(C)cc(CN(C)CC(C)C(N)=S)c1. The van der Waals surface area contributed by atoms with Gasteiger partial charge in [0.15, 0.2) is 0 Å². The minimum Gasteiger partial charge on any atom is -0.393 e. The lowest BCUT2D eigenvalue weighted by atomic mass is 10.1. The lowest BCUT2D eigenvalue weighted by molar-refractivity contribution is 0.307. The van der Waals surface area contributed by atoms with Gasteiger partial charge in [-0.15, -0.1) is 0 Å². The second kappa shape index (κ2) is 6.12. The Kier molecular flexibility index (Phi) is 5.09. The number of rotatable bonds is 5. The first-order valence-electron chi connectivity index (χ1n) is 5.93. The van der Waals surface area contributed by atoms with Gasteiger partial charge in [-0.1, -0.05) is 48.5 Å². The molecule has 1 unspecified atom stereocenters. The molecule has 0 saturated carbocycles. The molecule has 2 N–H and O–H groups in total. The smallest absolute Gasteiger partial charge is 0.0768 e. The molecule has 1 atom stereocenters. The van der Waals surface area contributed by atoms with Crippen molar-refractivity contribution in [1.29, 1.82) is 0 Å². The number of nitrogens with zero attached hydrogens (tertiary/aromatic N) is 1. The van der Waals surface area contributed by atoms with Crippen molar-refractivity contribution >= 4 is 17.2 Å². The van der Waals surface area contributed by atoms with Gasteiger partial charge in [0, 0.05) is 19.0 Å². The van der Waals surface area contributed by atoms with Gasteiger partial charge in [-0.3, -0.25) is 0 Å². The highest BCUT2D eigenvalue weighted by atomic mass is 32.1. The summed E-state index contributed by atoms with van der Waals surface area (Å²) in [4.78, 5) is 2.86. The molecular formula is C14H22N2S. The van der Waals surface area contributed by atoms with Crippen molar-refractivity contribution in [3.63, 3.8) is 0 Å². The van der Waals surface area contributed by atoms with E-state index >= 15 is 0 Å². The molecule has 1 aromatic carbocycles. The number of thiocarbonyl (C=S) groups is 1. The summed E-state index contributed by atoms with van der Waals surface area (Å²) >= 11 is 4.99. The number of nitrogens with two attached hydrogens (primary N) is 1. The van der Waals surface area contributed by atoms with Crippen LogP contribution in [0.3, 0.4) is 0 Å². The Balaban J connectivity index is 2.61. The molecule has 0 aliphatic carbocycles. The summed E-state index contributed by atoms with van der Waals surface area (Å²) in [7, 11) is 2.10. The molecule has 2 nitrogen and oxygen atoms in total. The summed E-state index contributed by atoms with van der Waals surface area (Å²) in [5.41, 5.74) is 9.61. The summed E-state index contributed by atoms with van der Waals surface area (Å²) in [6.07, 6.45) is 0. The maximum atomic E-state index is 5.63. The van der Waals surface area contributed by atoms with E-state index in [1.807, 2.05) is 0 Å². The van der Waals surface area contributed by atoms with Crippen LogP contribution in [0.25, 0.3) is 0 Å². The summed E-state index contributed by atoms with van der Waals surface area (Å²) in [5.74, 6) is 0.265. The standard InChI is InChI=1S/C14H22N2S/c1-10-5-11(2)7-13(6-10)9-16(4)8-12(3)14(15)17/h5-7,12H,8-9H2,1-4H3,(H2,15,17). The topological polar surface area (TPSA) is 29.3 Å². The van der Waals surface area contributed by atoms with E-state index in [1.54, 1.807) is 0 Å². The van der Waals surface area contributed by atoms with Crippen LogP contribution in [0.5, 0.6) is 0 Å². The Hall–Kier alpha value is -0.930. The molecule has 94 valence electrons. The molecule has 0 fully saturated rings. The summed E-state index contributed by atoms with van der Waals surface area (Å²) in [6, 6.07) is 6.66. The predicted octanol–water partition coefficient (Wildman–Crippen LogP) is 2.66. The van der Waals surface area contributed by atoms with Crippen LogP contribution in [0.15, 0.2) is 18.2 Å². The summed E-state index contributed by atoms with van der Waals surface area (Å²) < 4.78 is 0. The molecule has 1 rings (SSSR count). The first-order valence-corrected chi connectivity index (χ1v) is 6.34. The monoisotopic (exact) mass is 250 g/mol. The predicted molar refractivity (Wildman–Crippen MR) is 78.2 cm³/mol. The fourth-order valence-electron chi connectivity index (χ4n) is 2.09. The van der Waals surface area contributed by atoms with E-state index < -0.39 is 0 Å². The van der Waals surface area contributed by atoms with Crippen LogP contribution < -0.4 is 5.73 Å². The summed E-state index contributed by atoms with van der Waals surface area (Å²) in [5, 5.41) is 0. The van der Waals surface area contributed by atoms with Gasteiger partial charge in [0.05, 0.1) is 4.99 Å². The Bertz CT molecular complexity index is 381. The average Bonchev–Trinajstić information content (AvgIpc) is 2.14. The largest absolute Gasteiger partial charge is 0.393 e. The lowest BCUT2D eigenvalue weighted by Gasteiger charge is -2.21. The van der Waals surface area contributed by atoms with E-state index in [9.17, 15) is 0 Å². The number of hydrogen-bond donors (Lipinski definition) is 1. The second-order valence-corrected chi connectivity index (χ2v) is 5.47. The fourth-order valence-corrected chi connectivity index (χ4v) is 2.17. The zero-order chi connectivity index (χ0) is 13.0. The Morgan fingerprint density at radius 2 is 1.82 bits per heavy atom. The highest BCUT2D eigenvalue weighted by Gasteiger charge is 2.09. The summed E-state index contributed by atoms with van der Waals surface area (Å²) in [6.45, 7) is 8.18. The van der Waals surface area contributed by atoms with E-state index in [1.165, 1.54) is 16.7 Å². The third-order valence-electron chi connectivity index (χ3n) is 2.81. The van der Waals surface area contributed by atoms with E-state index in [4.69, 9.17) is 18.0 Å². The van der Waals surface area contributed by atoms with Crippen molar-refractivity contribution in [2.24, 2.45) is 11.7 Å². The number of benzene rings is 1. The van der Waals surface area contributed by atoms with Crippen molar-refractivity contribution in [3.05, 3.63) is 34.9 Å². The van der Waals surface area contributed by atoms with Crippen LogP contribution in [0.1, 0.15) is 23.6 Å². The first-order chi connectivity index (χ1) is 7.88. The van der Waals surface area contributed by atoms with Crippen molar-refractivity contribution in [2.45, 2.75) is 27.3 Å². The molecule has 0 aromatic heterocycles. The molecule has 1 aromatic rings. The van der Waals surface area contributed by atoms with Crippen molar-refractivity contribution < 1.29 is 0 Å². The first kappa shape index (κ1) is 14.1. The Morgan fingerprint density at radius 1 is 1.29 bits per heavy atom. The zero-order valence-corrected chi connectivity index (χ0v) is 12.0. The molecule has 0 bridgehead atoms. The normalized spacial score (nSPS) is 12.8. The maximum absolute atomic E-state index is 5.63. The minimum atomic E-state index is 0.265.